The van der Waals surface area contributed by atoms with E-state index in [1.807, 2.05) is 0 Å². The van der Waals surface area contributed by atoms with E-state index in [4.69, 9.17) is 37.0 Å². The number of carbonyl (C=O) groups excluding carboxylic acids is 4. The second-order valence-electron chi connectivity index (χ2n) is 22.7. The van der Waals surface area contributed by atoms with E-state index in [9.17, 15) is 43.2 Å². The predicted octanol–water partition coefficient (Wildman–Crippen LogP) is 17.3. The molecule has 0 radical (unpaired) electrons. The standard InChI is InChI=1S/C64H120O17P2/c1-6-10-13-16-18-20-22-24-25-27-29-31-33-39-44-49-63(68)80-60(54-75-62(67)48-43-38-32-30-28-26-23-21-19-17-14-11-7-2)56-79-83(72,73)77-52-58(65)51-76-82(70,71)78-55-59(53-74-61(66)47-42-36-15-12-8-3)81-64(69)50-45-40-35-34-37-41-46-57(5)9-4/h20,22,24-25,57-60,65H,6-19,21,23,26-56H2,1-5H3,(H,70,71)(H,72,73)/b22-20-,25-24-/t57?,58-,59+,60+/m0/s1. The maximum atomic E-state index is 13.0. The molecule has 83 heavy (non-hydrogen) atoms. The van der Waals surface area contributed by atoms with Gasteiger partial charge in [-0.15, -0.1) is 0 Å². The topological polar surface area (TPSA) is 237 Å². The zero-order chi connectivity index (χ0) is 61.3. The van der Waals surface area contributed by atoms with Gasteiger partial charge in [0.05, 0.1) is 26.4 Å². The number of aliphatic hydroxyl groups excluding tert-OH is 1. The summed E-state index contributed by atoms with van der Waals surface area (Å²) in [5.74, 6) is -1.46. The highest BCUT2D eigenvalue weighted by Gasteiger charge is 2.30. The molecule has 0 aliphatic rings. The van der Waals surface area contributed by atoms with Crippen molar-refractivity contribution in [3.8, 4) is 0 Å². The lowest BCUT2D eigenvalue weighted by molar-refractivity contribution is -0.161. The van der Waals surface area contributed by atoms with Crippen molar-refractivity contribution >= 4 is 39.5 Å². The number of aliphatic hydroxyl groups is 1. The number of unbranched alkanes of at least 4 members (excludes halogenated alkanes) is 30. The van der Waals surface area contributed by atoms with E-state index < -0.39 is 97.5 Å². The molecule has 0 aromatic rings. The molecule has 0 aromatic carbocycles. The number of ether oxygens (including phenoxy) is 4. The van der Waals surface area contributed by atoms with Crippen molar-refractivity contribution in [3.63, 3.8) is 0 Å². The van der Waals surface area contributed by atoms with Gasteiger partial charge in [0.2, 0.25) is 0 Å². The van der Waals surface area contributed by atoms with Crippen molar-refractivity contribution in [3.05, 3.63) is 24.3 Å². The fraction of sp³-hybridized carbons (Fsp3) is 0.875. The predicted molar refractivity (Wildman–Crippen MR) is 331 cm³/mol. The zero-order valence-corrected chi connectivity index (χ0v) is 54.6. The summed E-state index contributed by atoms with van der Waals surface area (Å²) in [4.78, 5) is 71.9. The summed E-state index contributed by atoms with van der Waals surface area (Å²) in [6.45, 7) is 6.99. The first-order valence-corrected chi connectivity index (χ1v) is 36.0. The van der Waals surface area contributed by atoms with Gasteiger partial charge in [-0.1, -0.05) is 245 Å². The molecule has 0 heterocycles. The van der Waals surface area contributed by atoms with Crippen molar-refractivity contribution in [2.75, 3.05) is 39.6 Å². The molecular formula is C64H120O17P2. The minimum atomic E-state index is -4.95. The maximum absolute atomic E-state index is 13.0. The van der Waals surface area contributed by atoms with Crippen LogP contribution in [0.3, 0.4) is 0 Å². The molecule has 0 spiro atoms. The van der Waals surface area contributed by atoms with Crippen LogP contribution < -0.4 is 0 Å². The summed E-state index contributed by atoms with van der Waals surface area (Å²) in [6.07, 6.45) is 44.3. The van der Waals surface area contributed by atoms with Gasteiger partial charge < -0.3 is 33.8 Å². The Morgan fingerprint density at radius 1 is 0.386 bits per heavy atom. The Morgan fingerprint density at radius 2 is 0.675 bits per heavy atom. The number of esters is 4. The Bertz CT molecular complexity index is 1710. The van der Waals surface area contributed by atoms with Gasteiger partial charge in [0.15, 0.2) is 12.2 Å². The molecule has 19 heteroatoms. The molecule has 3 N–H and O–H groups in total. The monoisotopic (exact) mass is 1220 g/mol. The van der Waals surface area contributed by atoms with Crippen LogP contribution in [0.5, 0.6) is 0 Å². The maximum Gasteiger partial charge on any atom is 0.472 e. The summed E-state index contributed by atoms with van der Waals surface area (Å²) in [6, 6.07) is 0. The van der Waals surface area contributed by atoms with Crippen LogP contribution >= 0.6 is 15.6 Å². The molecule has 0 fully saturated rings. The SMILES string of the molecule is CCCCCC/C=C\C=C/CCCCCCCC(=O)O[C@H](COC(=O)CCCCCCCCCCCCCCC)COP(=O)(O)OC[C@@H](O)COP(=O)(O)OC[C@@H](COC(=O)CCCCCCC)OC(=O)CCCCCCCCC(C)CC. The Labute approximate surface area is 503 Å². The highest BCUT2D eigenvalue weighted by Crippen LogP contribution is 2.45. The average Bonchev–Trinajstić information content (AvgIpc) is 3.46. The van der Waals surface area contributed by atoms with E-state index in [2.05, 4.69) is 58.9 Å². The van der Waals surface area contributed by atoms with Crippen LogP contribution in [0.15, 0.2) is 24.3 Å². The Kier molecular flexibility index (Phi) is 55.6. The largest absolute Gasteiger partial charge is 0.472 e. The van der Waals surface area contributed by atoms with Gasteiger partial charge in [-0.05, 0) is 57.3 Å². The van der Waals surface area contributed by atoms with Crippen molar-refractivity contribution in [2.45, 2.75) is 316 Å². The number of phosphoric ester groups is 2. The third-order valence-electron chi connectivity index (χ3n) is 14.5. The van der Waals surface area contributed by atoms with Crippen LogP contribution in [0.2, 0.25) is 0 Å². The normalized spacial score (nSPS) is 14.7. The Hall–Kier alpha value is -2.46. The molecule has 0 aliphatic heterocycles. The van der Waals surface area contributed by atoms with E-state index in [1.165, 1.54) is 103 Å². The molecule has 488 valence electrons. The van der Waals surface area contributed by atoms with Crippen LogP contribution in [-0.2, 0) is 65.4 Å². The number of allylic oxidation sites excluding steroid dienone is 4. The number of rotatable bonds is 62. The summed E-state index contributed by atoms with van der Waals surface area (Å²) in [7, 11) is -9.89. The molecule has 0 amide bonds. The highest BCUT2D eigenvalue weighted by atomic mass is 31.2. The van der Waals surface area contributed by atoms with Gasteiger partial charge >= 0.3 is 39.5 Å². The van der Waals surface area contributed by atoms with E-state index in [-0.39, 0.29) is 25.7 Å². The molecule has 0 aliphatic carbocycles. The van der Waals surface area contributed by atoms with Gasteiger partial charge in [0.1, 0.15) is 19.3 Å². The lowest BCUT2D eigenvalue weighted by atomic mass is 10.00. The van der Waals surface area contributed by atoms with Crippen LogP contribution in [0, 0.1) is 5.92 Å². The second-order valence-corrected chi connectivity index (χ2v) is 25.6. The van der Waals surface area contributed by atoms with Crippen molar-refractivity contribution in [1.29, 1.82) is 0 Å². The first kappa shape index (κ1) is 80.5. The average molecular weight is 1220 g/mol. The van der Waals surface area contributed by atoms with Crippen LogP contribution in [0.4, 0.5) is 0 Å². The van der Waals surface area contributed by atoms with Gasteiger partial charge in [0.25, 0.3) is 0 Å². The molecule has 17 nitrogen and oxygen atoms in total. The molecule has 3 unspecified atom stereocenters. The van der Waals surface area contributed by atoms with E-state index in [1.54, 1.807) is 0 Å². The zero-order valence-electron chi connectivity index (χ0n) is 52.8. The fourth-order valence-electron chi connectivity index (χ4n) is 9.01. The quantitative estimate of drug-likeness (QED) is 0.0169. The van der Waals surface area contributed by atoms with Crippen molar-refractivity contribution in [2.24, 2.45) is 5.92 Å². The lowest BCUT2D eigenvalue weighted by Gasteiger charge is -2.21. The molecule has 0 bridgehead atoms. The summed E-state index contributed by atoms with van der Waals surface area (Å²) in [5.41, 5.74) is 0. The lowest BCUT2D eigenvalue weighted by Crippen LogP contribution is -2.30. The number of carbonyl (C=O) groups is 4. The summed E-state index contributed by atoms with van der Waals surface area (Å²) < 4.78 is 67.8. The molecule has 0 aromatic heterocycles. The molecule has 6 atom stereocenters. The minimum Gasteiger partial charge on any atom is -0.462 e. The van der Waals surface area contributed by atoms with Crippen LogP contribution in [-0.4, -0.2) is 96.7 Å². The fourth-order valence-corrected chi connectivity index (χ4v) is 10.6. The molecule has 0 saturated carbocycles. The Balaban J connectivity index is 5.22. The third-order valence-corrected chi connectivity index (χ3v) is 16.4. The van der Waals surface area contributed by atoms with Gasteiger partial charge in [0, 0.05) is 25.7 Å². The van der Waals surface area contributed by atoms with E-state index in [0.717, 1.165) is 115 Å². The van der Waals surface area contributed by atoms with E-state index in [0.29, 0.717) is 25.7 Å². The number of hydrogen-bond donors (Lipinski definition) is 3. The van der Waals surface area contributed by atoms with Crippen LogP contribution in [0.1, 0.15) is 298 Å². The first-order chi connectivity index (χ1) is 40.1. The summed E-state index contributed by atoms with van der Waals surface area (Å²) in [5, 5.41) is 10.5. The first-order valence-electron chi connectivity index (χ1n) is 33.0. The Morgan fingerprint density at radius 3 is 1.02 bits per heavy atom. The van der Waals surface area contributed by atoms with Gasteiger partial charge in [-0.25, -0.2) is 9.13 Å². The highest BCUT2D eigenvalue weighted by molar-refractivity contribution is 7.47. The third kappa shape index (κ3) is 57.1. The van der Waals surface area contributed by atoms with Gasteiger partial charge in [-0.3, -0.25) is 37.3 Å². The summed E-state index contributed by atoms with van der Waals surface area (Å²) >= 11 is 0. The van der Waals surface area contributed by atoms with Crippen molar-refractivity contribution in [1.82, 2.24) is 0 Å². The smallest absolute Gasteiger partial charge is 0.462 e. The number of hydrogen-bond acceptors (Lipinski definition) is 15. The molecule has 0 rings (SSSR count). The number of phosphoric acid groups is 2. The second kappa shape index (κ2) is 57.3. The van der Waals surface area contributed by atoms with Crippen molar-refractivity contribution < 1.29 is 80.2 Å². The van der Waals surface area contributed by atoms with E-state index >= 15 is 0 Å². The van der Waals surface area contributed by atoms with Gasteiger partial charge in [-0.2, -0.15) is 0 Å². The molecule has 0 saturated heterocycles. The minimum absolute atomic E-state index is 0.0851. The van der Waals surface area contributed by atoms with Crippen LogP contribution in [0.25, 0.3) is 0 Å². The molecular weight excluding hydrogens is 1100 g/mol.